The summed E-state index contributed by atoms with van der Waals surface area (Å²) in [7, 11) is 0. The monoisotopic (exact) mass is 406 g/mol. The van der Waals surface area contributed by atoms with E-state index in [2.05, 4.69) is 20.1 Å². The zero-order valence-electron chi connectivity index (χ0n) is 15.4. The Balaban J connectivity index is 1.59. The molecule has 0 saturated carbocycles. The lowest BCUT2D eigenvalue weighted by molar-refractivity contribution is 0.0327. The van der Waals surface area contributed by atoms with Gasteiger partial charge in [-0.05, 0) is 37.6 Å². The molecule has 8 nitrogen and oxygen atoms in total. The second kappa shape index (κ2) is 7.17. The minimum absolute atomic E-state index is 0.134. The molecule has 9 heteroatoms. The Morgan fingerprint density at radius 1 is 1.24 bits per heavy atom. The molecule has 1 saturated heterocycles. The van der Waals surface area contributed by atoms with Crippen molar-refractivity contribution in [1.82, 2.24) is 15.2 Å². The molecule has 0 bridgehead atoms. The lowest BCUT2D eigenvalue weighted by Gasteiger charge is -2.32. The van der Waals surface area contributed by atoms with Crippen LogP contribution in [0.25, 0.3) is 11.6 Å². The highest BCUT2D eigenvalue weighted by Gasteiger charge is 2.45. The molecular formula is C20H15ClN6O2. The molecule has 144 valence electrons. The summed E-state index contributed by atoms with van der Waals surface area (Å²) in [5.41, 5.74) is 1.23. The molecule has 0 aliphatic carbocycles. The van der Waals surface area contributed by atoms with E-state index < -0.39 is 5.60 Å². The quantitative estimate of drug-likeness (QED) is 0.704. The number of anilines is 1. The molecule has 4 rings (SSSR count). The van der Waals surface area contributed by atoms with Crippen molar-refractivity contribution in [3.63, 3.8) is 0 Å². The second-order valence-corrected chi connectivity index (χ2v) is 7.18. The standard InChI is InChI=1S/C20H15ClN6O2/c1-12-20(28,6-7-27(12)15-4-2-13(9-22)16(21)8-15)14-3-5-17(24-11-14)19-26-25-18(10-23)29-19/h2-5,8,11-12,28H,6-7H2,1H3/t12-,20-/m0/s1. The Bertz CT molecular complexity index is 1150. The van der Waals surface area contributed by atoms with E-state index in [0.717, 1.165) is 5.69 Å². The lowest BCUT2D eigenvalue weighted by atomic mass is 9.88. The predicted octanol–water partition coefficient (Wildman–Crippen LogP) is 3.01. The summed E-state index contributed by atoms with van der Waals surface area (Å²) in [6, 6.07) is 12.3. The number of nitrogens with zero attached hydrogens (tertiary/aromatic N) is 6. The summed E-state index contributed by atoms with van der Waals surface area (Å²) < 4.78 is 5.18. The van der Waals surface area contributed by atoms with E-state index in [0.29, 0.717) is 34.8 Å². The maximum absolute atomic E-state index is 11.4. The minimum atomic E-state index is -1.11. The Kier molecular flexibility index (Phi) is 4.67. The molecule has 0 spiro atoms. The number of hydrogen-bond donors (Lipinski definition) is 1. The zero-order valence-corrected chi connectivity index (χ0v) is 16.1. The van der Waals surface area contributed by atoms with Crippen LogP contribution < -0.4 is 4.90 Å². The first-order valence-electron chi connectivity index (χ1n) is 8.85. The number of rotatable bonds is 3. The van der Waals surface area contributed by atoms with Crippen molar-refractivity contribution in [2.24, 2.45) is 0 Å². The summed E-state index contributed by atoms with van der Waals surface area (Å²) in [6.45, 7) is 2.56. The maximum atomic E-state index is 11.4. The van der Waals surface area contributed by atoms with Gasteiger partial charge in [0.25, 0.3) is 5.89 Å². The second-order valence-electron chi connectivity index (χ2n) is 6.78. The molecule has 2 atom stereocenters. The van der Waals surface area contributed by atoms with Crippen molar-refractivity contribution in [2.75, 3.05) is 11.4 Å². The topological polar surface area (TPSA) is 123 Å². The molecule has 3 aromatic rings. The Morgan fingerprint density at radius 2 is 2.07 bits per heavy atom. The fraction of sp³-hybridized carbons (Fsp3) is 0.250. The summed E-state index contributed by atoms with van der Waals surface area (Å²) in [5.74, 6) is 0.0130. The van der Waals surface area contributed by atoms with E-state index >= 15 is 0 Å². The summed E-state index contributed by atoms with van der Waals surface area (Å²) >= 11 is 6.17. The Morgan fingerprint density at radius 3 is 2.69 bits per heavy atom. The van der Waals surface area contributed by atoms with Crippen LogP contribution in [0.5, 0.6) is 0 Å². The van der Waals surface area contributed by atoms with Crippen LogP contribution in [0.3, 0.4) is 0 Å². The Labute approximate surface area is 171 Å². The molecule has 29 heavy (non-hydrogen) atoms. The fourth-order valence-corrected chi connectivity index (χ4v) is 3.83. The van der Waals surface area contributed by atoms with Gasteiger partial charge in [0, 0.05) is 24.0 Å². The van der Waals surface area contributed by atoms with Crippen LogP contribution in [0.2, 0.25) is 5.02 Å². The molecule has 1 N–H and O–H groups in total. The first-order valence-corrected chi connectivity index (χ1v) is 9.23. The van der Waals surface area contributed by atoms with Gasteiger partial charge < -0.3 is 14.4 Å². The molecule has 0 amide bonds. The van der Waals surface area contributed by atoms with Crippen LogP contribution in [0.1, 0.15) is 30.4 Å². The number of aromatic nitrogens is 3. The summed E-state index contributed by atoms with van der Waals surface area (Å²) in [5, 5.41) is 37.0. The van der Waals surface area contributed by atoms with Crippen molar-refractivity contribution in [3.05, 3.63) is 58.6 Å². The Hall–Kier alpha value is -3.46. The molecule has 2 aromatic heterocycles. The third kappa shape index (κ3) is 3.19. The predicted molar refractivity (Wildman–Crippen MR) is 104 cm³/mol. The first-order chi connectivity index (χ1) is 14.0. The van der Waals surface area contributed by atoms with E-state index in [1.165, 1.54) is 0 Å². The van der Waals surface area contributed by atoms with Crippen LogP contribution in [0, 0.1) is 22.7 Å². The van der Waals surface area contributed by atoms with E-state index in [9.17, 15) is 5.11 Å². The van der Waals surface area contributed by atoms with Gasteiger partial charge in [-0.25, -0.2) is 0 Å². The molecule has 3 heterocycles. The SMILES string of the molecule is C[C@@H]1N(c2ccc(C#N)c(Cl)c2)CC[C@@]1(O)c1ccc(-c2nnc(C#N)o2)nc1. The molecule has 0 radical (unpaired) electrons. The molecular weight excluding hydrogens is 392 g/mol. The van der Waals surface area contributed by atoms with Gasteiger partial charge in [0.1, 0.15) is 17.4 Å². The lowest BCUT2D eigenvalue weighted by Crippen LogP contribution is -2.40. The largest absolute Gasteiger partial charge is 0.407 e. The minimum Gasteiger partial charge on any atom is -0.407 e. The highest BCUT2D eigenvalue weighted by atomic mass is 35.5. The van der Waals surface area contributed by atoms with Crippen LogP contribution >= 0.6 is 11.6 Å². The maximum Gasteiger partial charge on any atom is 0.321 e. The third-order valence-corrected chi connectivity index (χ3v) is 5.61. The zero-order chi connectivity index (χ0) is 20.6. The third-order valence-electron chi connectivity index (χ3n) is 5.30. The van der Waals surface area contributed by atoms with Gasteiger partial charge in [-0.1, -0.05) is 22.8 Å². The highest BCUT2D eigenvalue weighted by molar-refractivity contribution is 6.32. The number of aliphatic hydroxyl groups is 1. The van der Waals surface area contributed by atoms with Crippen molar-refractivity contribution >= 4 is 17.3 Å². The number of nitriles is 2. The average molecular weight is 407 g/mol. The molecule has 1 aromatic carbocycles. The van der Waals surface area contributed by atoms with Gasteiger partial charge >= 0.3 is 5.89 Å². The molecule has 0 unspecified atom stereocenters. The normalized spacial score (nSPS) is 21.0. The average Bonchev–Trinajstić information content (AvgIpc) is 3.34. The summed E-state index contributed by atoms with van der Waals surface area (Å²) in [6.07, 6.45) is 2.09. The number of halogens is 1. The molecule has 1 aliphatic heterocycles. The van der Waals surface area contributed by atoms with Gasteiger partial charge in [-0.3, -0.25) is 4.98 Å². The number of pyridine rings is 1. The van der Waals surface area contributed by atoms with Gasteiger partial charge in [0.2, 0.25) is 0 Å². The fourth-order valence-electron chi connectivity index (χ4n) is 3.61. The van der Waals surface area contributed by atoms with E-state index in [1.807, 2.05) is 19.1 Å². The van der Waals surface area contributed by atoms with Gasteiger partial charge in [-0.15, -0.1) is 5.10 Å². The van der Waals surface area contributed by atoms with E-state index in [1.54, 1.807) is 36.5 Å². The van der Waals surface area contributed by atoms with Gasteiger partial charge in [-0.2, -0.15) is 10.5 Å². The smallest absolute Gasteiger partial charge is 0.321 e. The van der Waals surface area contributed by atoms with E-state index in [4.69, 9.17) is 26.5 Å². The van der Waals surface area contributed by atoms with Crippen molar-refractivity contribution < 1.29 is 9.52 Å². The van der Waals surface area contributed by atoms with Crippen LogP contribution in [0.15, 0.2) is 40.9 Å². The highest BCUT2D eigenvalue weighted by Crippen LogP contribution is 2.40. The molecule has 1 fully saturated rings. The van der Waals surface area contributed by atoms with Crippen LogP contribution in [-0.4, -0.2) is 32.9 Å². The summed E-state index contributed by atoms with van der Waals surface area (Å²) in [4.78, 5) is 6.37. The van der Waals surface area contributed by atoms with E-state index in [-0.39, 0.29) is 17.8 Å². The molecule has 1 aliphatic rings. The number of benzene rings is 1. The van der Waals surface area contributed by atoms with Gasteiger partial charge in [0.15, 0.2) is 6.07 Å². The number of hydrogen-bond acceptors (Lipinski definition) is 8. The van der Waals surface area contributed by atoms with Crippen LogP contribution in [-0.2, 0) is 5.60 Å². The first kappa shape index (κ1) is 18.9. The van der Waals surface area contributed by atoms with Crippen molar-refractivity contribution in [2.45, 2.75) is 25.0 Å². The van der Waals surface area contributed by atoms with Gasteiger partial charge in [0.05, 0.1) is 16.6 Å². The van der Waals surface area contributed by atoms with Crippen molar-refractivity contribution in [1.29, 1.82) is 10.5 Å². The van der Waals surface area contributed by atoms with Crippen LogP contribution in [0.4, 0.5) is 5.69 Å². The van der Waals surface area contributed by atoms with Crippen molar-refractivity contribution in [3.8, 4) is 23.7 Å².